The van der Waals surface area contributed by atoms with Crippen LogP contribution in [-0.2, 0) is 0 Å². The van der Waals surface area contributed by atoms with Crippen LogP contribution in [0.15, 0.2) is 6.20 Å². The maximum atomic E-state index is 6.10. The molecule has 86 valence electrons. The highest BCUT2D eigenvalue weighted by Crippen LogP contribution is 2.26. The van der Waals surface area contributed by atoms with Crippen LogP contribution in [0, 0.1) is 0 Å². The summed E-state index contributed by atoms with van der Waals surface area (Å²) < 4.78 is 1.91. The van der Waals surface area contributed by atoms with E-state index in [-0.39, 0.29) is 6.04 Å². The number of nitrogens with zero attached hydrogens (tertiary/aromatic N) is 2. The van der Waals surface area contributed by atoms with Crippen molar-refractivity contribution >= 4 is 23.4 Å². The van der Waals surface area contributed by atoms with Crippen LogP contribution in [0.25, 0.3) is 0 Å². The molecule has 0 saturated heterocycles. The van der Waals surface area contributed by atoms with E-state index in [2.05, 4.69) is 25.9 Å². The molecule has 0 aliphatic rings. The molecule has 1 unspecified atom stereocenters. The minimum atomic E-state index is -0.0349. The molecule has 0 amide bonds. The summed E-state index contributed by atoms with van der Waals surface area (Å²) in [5, 5.41) is 4.91. The lowest BCUT2D eigenvalue weighted by Crippen LogP contribution is -2.20. The average Bonchev–Trinajstić information content (AvgIpc) is 2.56. The SMILES string of the molecule is CCSCC(N)c1c(Cl)cnn1C(C)C. The molecular weight excluding hydrogens is 230 g/mol. The zero-order valence-corrected chi connectivity index (χ0v) is 11.0. The second-order valence-corrected chi connectivity index (χ2v) is 5.41. The smallest absolute Gasteiger partial charge is 0.0834 e. The molecule has 1 aromatic rings. The molecule has 0 fully saturated rings. The molecule has 1 heterocycles. The van der Waals surface area contributed by atoms with E-state index in [4.69, 9.17) is 17.3 Å². The summed E-state index contributed by atoms with van der Waals surface area (Å²) >= 11 is 7.91. The fourth-order valence-corrected chi connectivity index (χ4v) is 2.35. The van der Waals surface area contributed by atoms with Crippen LogP contribution >= 0.6 is 23.4 Å². The Hall–Kier alpha value is -0.190. The van der Waals surface area contributed by atoms with Gasteiger partial charge < -0.3 is 5.73 Å². The van der Waals surface area contributed by atoms with Gasteiger partial charge in [-0.2, -0.15) is 16.9 Å². The largest absolute Gasteiger partial charge is 0.322 e. The van der Waals surface area contributed by atoms with E-state index in [9.17, 15) is 0 Å². The number of halogens is 1. The monoisotopic (exact) mass is 247 g/mol. The van der Waals surface area contributed by atoms with Crippen molar-refractivity contribution in [2.75, 3.05) is 11.5 Å². The van der Waals surface area contributed by atoms with E-state index in [1.54, 1.807) is 6.20 Å². The lowest BCUT2D eigenvalue weighted by Gasteiger charge is -2.16. The quantitative estimate of drug-likeness (QED) is 0.870. The lowest BCUT2D eigenvalue weighted by molar-refractivity contribution is 0.495. The number of thioether (sulfide) groups is 1. The molecule has 3 nitrogen and oxygen atoms in total. The second-order valence-electron chi connectivity index (χ2n) is 3.68. The molecule has 1 atom stereocenters. The first kappa shape index (κ1) is 12.9. The Morgan fingerprint density at radius 1 is 1.60 bits per heavy atom. The van der Waals surface area contributed by atoms with E-state index >= 15 is 0 Å². The third-order valence-electron chi connectivity index (χ3n) is 2.13. The Kier molecular flexibility index (Phi) is 4.96. The summed E-state index contributed by atoms with van der Waals surface area (Å²) in [6.45, 7) is 6.28. The summed E-state index contributed by atoms with van der Waals surface area (Å²) in [5.41, 5.74) is 7.05. The highest BCUT2D eigenvalue weighted by Gasteiger charge is 2.18. The third kappa shape index (κ3) is 3.13. The Morgan fingerprint density at radius 3 is 2.80 bits per heavy atom. The first-order chi connectivity index (χ1) is 7.07. The van der Waals surface area contributed by atoms with E-state index in [1.165, 1.54) is 0 Å². The predicted octanol–water partition coefficient (Wildman–Crippen LogP) is 2.87. The van der Waals surface area contributed by atoms with Gasteiger partial charge in [-0.15, -0.1) is 0 Å². The van der Waals surface area contributed by atoms with Crippen molar-refractivity contribution in [3.63, 3.8) is 0 Å². The molecule has 0 aliphatic heterocycles. The van der Waals surface area contributed by atoms with Crippen molar-refractivity contribution in [2.24, 2.45) is 5.73 Å². The van der Waals surface area contributed by atoms with Gasteiger partial charge in [0, 0.05) is 11.8 Å². The van der Waals surface area contributed by atoms with Crippen molar-refractivity contribution in [1.82, 2.24) is 9.78 Å². The van der Waals surface area contributed by atoms with Crippen LogP contribution in [0.3, 0.4) is 0 Å². The zero-order valence-electron chi connectivity index (χ0n) is 9.40. The fraction of sp³-hybridized carbons (Fsp3) is 0.700. The third-order valence-corrected chi connectivity index (χ3v) is 3.42. The van der Waals surface area contributed by atoms with E-state index in [0.29, 0.717) is 11.1 Å². The molecule has 0 radical (unpaired) electrons. The lowest BCUT2D eigenvalue weighted by atomic mass is 10.2. The molecule has 0 bridgehead atoms. The highest BCUT2D eigenvalue weighted by molar-refractivity contribution is 7.99. The molecule has 15 heavy (non-hydrogen) atoms. The maximum absolute atomic E-state index is 6.10. The molecule has 0 saturated carbocycles. The molecule has 2 N–H and O–H groups in total. The number of aromatic nitrogens is 2. The Morgan fingerprint density at radius 2 is 2.27 bits per heavy atom. The summed E-state index contributed by atoms with van der Waals surface area (Å²) in [4.78, 5) is 0. The van der Waals surface area contributed by atoms with Crippen molar-refractivity contribution in [3.05, 3.63) is 16.9 Å². The van der Waals surface area contributed by atoms with Gasteiger partial charge in [0.15, 0.2) is 0 Å². The fourth-order valence-electron chi connectivity index (χ4n) is 1.43. The van der Waals surface area contributed by atoms with Crippen LogP contribution in [0.4, 0.5) is 0 Å². The molecule has 1 rings (SSSR count). The van der Waals surface area contributed by atoms with Gasteiger partial charge in [-0.25, -0.2) is 0 Å². The Bertz CT molecular complexity index is 312. The van der Waals surface area contributed by atoms with Crippen LogP contribution in [0.5, 0.6) is 0 Å². The molecule has 0 spiro atoms. The number of hydrogen-bond acceptors (Lipinski definition) is 3. The normalized spacial score (nSPS) is 13.5. The number of nitrogens with two attached hydrogens (primary N) is 1. The maximum Gasteiger partial charge on any atom is 0.0834 e. The standard InChI is InChI=1S/C10H18ClN3S/c1-4-15-6-9(12)10-8(11)5-13-14(10)7(2)3/h5,7,9H,4,6,12H2,1-3H3. The number of rotatable bonds is 5. The summed E-state index contributed by atoms with van der Waals surface area (Å²) in [5.74, 6) is 1.95. The van der Waals surface area contributed by atoms with Gasteiger partial charge in [0.05, 0.1) is 23.0 Å². The molecule has 0 aromatic carbocycles. The molecule has 5 heteroatoms. The Balaban J connectivity index is 2.85. The van der Waals surface area contributed by atoms with Crippen LogP contribution in [0.2, 0.25) is 5.02 Å². The first-order valence-corrected chi connectivity index (χ1v) is 6.67. The van der Waals surface area contributed by atoms with Crippen molar-refractivity contribution in [3.8, 4) is 0 Å². The van der Waals surface area contributed by atoms with Gasteiger partial charge in [0.1, 0.15) is 0 Å². The van der Waals surface area contributed by atoms with Crippen molar-refractivity contribution in [2.45, 2.75) is 32.9 Å². The predicted molar refractivity (Wildman–Crippen MR) is 67.5 cm³/mol. The van der Waals surface area contributed by atoms with Crippen molar-refractivity contribution in [1.29, 1.82) is 0 Å². The molecular formula is C10H18ClN3S. The summed E-state index contributed by atoms with van der Waals surface area (Å²) in [6, 6.07) is 0.262. The van der Waals surface area contributed by atoms with E-state index < -0.39 is 0 Å². The van der Waals surface area contributed by atoms with E-state index in [0.717, 1.165) is 17.2 Å². The minimum Gasteiger partial charge on any atom is -0.322 e. The molecule has 1 aromatic heterocycles. The van der Waals surface area contributed by atoms with Gasteiger partial charge in [0.25, 0.3) is 0 Å². The number of hydrogen-bond donors (Lipinski definition) is 1. The zero-order chi connectivity index (χ0) is 11.4. The van der Waals surface area contributed by atoms with Gasteiger partial charge in [-0.1, -0.05) is 18.5 Å². The summed E-state index contributed by atoms with van der Waals surface area (Å²) in [6.07, 6.45) is 1.67. The van der Waals surface area contributed by atoms with E-state index in [1.807, 2.05) is 16.4 Å². The van der Waals surface area contributed by atoms with Gasteiger partial charge in [0.2, 0.25) is 0 Å². The topological polar surface area (TPSA) is 43.8 Å². The Labute approximate surface area is 100 Å². The van der Waals surface area contributed by atoms with Crippen molar-refractivity contribution < 1.29 is 0 Å². The van der Waals surface area contributed by atoms with Crippen LogP contribution in [-0.4, -0.2) is 21.3 Å². The summed E-state index contributed by atoms with van der Waals surface area (Å²) in [7, 11) is 0. The average molecular weight is 248 g/mol. The highest BCUT2D eigenvalue weighted by atomic mass is 35.5. The second kappa shape index (κ2) is 5.77. The minimum absolute atomic E-state index is 0.0349. The molecule has 0 aliphatic carbocycles. The first-order valence-electron chi connectivity index (χ1n) is 5.14. The van der Waals surface area contributed by atoms with Gasteiger partial charge in [-0.3, -0.25) is 4.68 Å². The van der Waals surface area contributed by atoms with Crippen LogP contribution < -0.4 is 5.73 Å². The van der Waals surface area contributed by atoms with Crippen LogP contribution in [0.1, 0.15) is 38.5 Å². The van der Waals surface area contributed by atoms with Gasteiger partial charge in [-0.05, 0) is 19.6 Å². The van der Waals surface area contributed by atoms with Gasteiger partial charge >= 0.3 is 0 Å².